The van der Waals surface area contributed by atoms with E-state index in [-0.39, 0.29) is 0 Å². The van der Waals surface area contributed by atoms with Crippen LogP contribution < -0.4 is 5.73 Å². The third kappa shape index (κ3) is 8.74. The molecular weight excluding hydrogens is 318 g/mol. The van der Waals surface area contributed by atoms with Crippen molar-refractivity contribution in [1.82, 2.24) is 0 Å². The van der Waals surface area contributed by atoms with Crippen LogP contribution in [0.5, 0.6) is 0 Å². The lowest BCUT2D eigenvalue weighted by Crippen LogP contribution is -2.22. The van der Waals surface area contributed by atoms with E-state index in [2.05, 4.69) is 0 Å². The lowest BCUT2D eigenvalue weighted by molar-refractivity contribution is -0.149. The largest absolute Gasteiger partial charge is 0.457 e. The normalized spacial score (nSPS) is 12.6. The van der Waals surface area contributed by atoms with E-state index < -0.39 is 23.1 Å². The monoisotopic (exact) mass is 345 g/mol. The molecule has 1 aromatic carbocycles. The van der Waals surface area contributed by atoms with Gasteiger partial charge >= 0.3 is 11.9 Å². The molecule has 0 spiro atoms. The molecule has 0 atom stereocenters. The summed E-state index contributed by atoms with van der Waals surface area (Å²) in [4.78, 5) is 23.4. The summed E-state index contributed by atoms with van der Waals surface area (Å²) in [7, 11) is 0. The van der Waals surface area contributed by atoms with Crippen LogP contribution in [0.2, 0.25) is 0 Å². The number of hydrogen-bond donors (Lipinski definition) is 1. The van der Waals surface area contributed by atoms with Crippen molar-refractivity contribution in [1.29, 1.82) is 0 Å². The number of carbonyl (C=O) groups is 2. The third-order valence-electron chi connectivity index (χ3n) is 2.74. The first-order valence-corrected chi connectivity index (χ1v) is 8.07. The van der Waals surface area contributed by atoms with Crippen molar-refractivity contribution in [2.45, 2.75) is 52.7 Å². The molecule has 1 rings (SSSR count). The first-order chi connectivity index (χ1) is 11.4. The summed E-state index contributed by atoms with van der Waals surface area (Å²) < 4.78 is 10.4. The number of nitrogens with two attached hydrogens (primary N) is 1. The smallest absolute Gasteiger partial charge is 0.331 e. The quantitative estimate of drug-likeness (QED) is 0.507. The predicted octanol–water partition coefficient (Wildman–Crippen LogP) is 3.98. The van der Waals surface area contributed by atoms with E-state index in [9.17, 15) is 9.59 Å². The summed E-state index contributed by atoms with van der Waals surface area (Å²) >= 11 is 0. The second-order valence-corrected chi connectivity index (χ2v) is 7.62. The van der Waals surface area contributed by atoms with Crippen molar-refractivity contribution < 1.29 is 19.1 Å². The lowest BCUT2D eigenvalue weighted by Gasteiger charge is -2.18. The maximum absolute atomic E-state index is 11.7. The Hall–Kier alpha value is -2.56. The van der Waals surface area contributed by atoms with Gasteiger partial charge in [-0.2, -0.15) is 0 Å². The van der Waals surface area contributed by atoms with Crippen molar-refractivity contribution in [3.63, 3.8) is 0 Å². The van der Waals surface area contributed by atoms with E-state index in [1.807, 2.05) is 20.8 Å². The zero-order chi connectivity index (χ0) is 19.3. The molecule has 0 bridgehead atoms. The minimum absolute atomic E-state index is 0.417. The van der Waals surface area contributed by atoms with Crippen LogP contribution in [0.3, 0.4) is 0 Å². The zero-order valence-electron chi connectivity index (χ0n) is 15.8. The van der Waals surface area contributed by atoms with Crippen LogP contribution in [0.25, 0.3) is 12.2 Å². The molecule has 0 aliphatic heterocycles. The molecule has 0 radical (unpaired) electrons. The first-order valence-electron chi connectivity index (χ1n) is 8.07. The standard InChI is InChI=1S/C20H27NO4/c1-19(2,3)24-17(22)11-8-14-7-9-15(16(21)13-14)10-12-18(23)25-20(4,5)6/h7-13H,21H2,1-6H3. The zero-order valence-corrected chi connectivity index (χ0v) is 15.8. The van der Waals surface area contributed by atoms with Crippen LogP contribution in [0.1, 0.15) is 52.7 Å². The molecule has 0 amide bonds. The Morgan fingerprint density at radius 2 is 1.36 bits per heavy atom. The summed E-state index contributed by atoms with van der Waals surface area (Å²) in [5, 5.41) is 0. The maximum atomic E-state index is 11.7. The number of anilines is 1. The van der Waals surface area contributed by atoms with E-state index in [0.717, 1.165) is 5.56 Å². The summed E-state index contributed by atoms with van der Waals surface area (Å²) in [5.41, 5.74) is 6.87. The molecule has 136 valence electrons. The molecule has 0 unspecified atom stereocenters. The molecule has 2 N–H and O–H groups in total. The molecular formula is C20H27NO4. The molecule has 5 heteroatoms. The molecule has 0 fully saturated rings. The van der Waals surface area contributed by atoms with Crippen molar-refractivity contribution in [2.24, 2.45) is 0 Å². The minimum atomic E-state index is -0.538. The fourth-order valence-electron chi connectivity index (χ4n) is 1.84. The molecule has 0 saturated heterocycles. The Morgan fingerprint density at radius 1 is 0.880 bits per heavy atom. The molecule has 0 aliphatic rings. The SMILES string of the molecule is CC(C)(C)OC(=O)C=Cc1ccc(C=CC(=O)OC(C)(C)C)c(N)c1. The second-order valence-electron chi connectivity index (χ2n) is 7.62. The van der Waals surface area contributed by atoms with Gasteiger partial charge in [0.1, 0.15) is 11.2 Å². The Bertz CT molecular complexity index is 689. The number of hydrogen-bond acceptors (Lipinski definition) is 5. The van der Waals surface area contributed by atoms with Crippen molar-refractivity contribution in [2.75, 3.05) is 5.73 Å². The Kier molecular flexibility index (Phi) is 6.56. The number of carbonyl (C=O) groups excluding carboxylic acids is 2. The van der Waals surface area contributed by atoms with Crippen molar-refractivity contribution in [3.8, 4) is 0 Å². The van der Waals surface area contributed by atoms with Gasteiger partial charge in [0.25, 0.3) is 0 Å². The molecule has 0 heterocycles. The molecule has 25 heavy (non-hydrogen) atoms. The number of ether oxygens (including phenoxy) is 2. The van der Waals surface area contributed by atoms with E-state index in [1.54, 1.807) is 51.1 Å². The lowest BCUT2D eigenvalue weighted by atomic mass is 10.1. The van der Waals surface area contributed by atoms with E-state index in [4.69, 9.17) is 15.2 Å². The fourth-order valence-corrected chi connectivity index (χ4v) is 1.84. The Morgan fingerprint density at radius 3 is 1.80 bits per heavy atom. The molecule has 0 aliphatic carbocycles. The van der Waals surface area contributed by atoms with Gasteiger partial charge in [-0.1, -0.05) is 12.1 Å². The summed E-state index contributed by atoms with van der Waals surface area (Å²) in [6.07, 6.45) is 5.93. The van der Waals surface area contributed by atoms with E-state index in [0.29, 0.717) is 11.3 Å². The van der Waals surface area contributed by atoms with Gasteiger partial charge in [0, 0.05) is 17.8 Å². The van der Waals surface area contributed by atoms with Crippen LogP contribution in [-0.2, 0) is 19.1 Å². The van der Waals surface area contributed by atoms with Gasteiger partial charge in [0.2, 0.25) is 0 Å². The van der Waals surface area contributed by atoms with Crippen LogP contribution in [0.15, 0.2) is 30.4 Å². The van der Waals surface area contributed by atoms with Crippen LogP contribution in [0.4, 0.5) is 5.69 Å². The molecule has 0 aromatic heterocycles. The first kappa shape index (κ1) is 20.5. The van der Waals surface area contributed by atoms with Gasteiger partial charge < -0.3 is 15.2 Å². The highest BCUT2D eigenvalue weighted by molar-refractivity contribution is 5.89. The second kappa shape index (κ2) is 8.01. The number of rotatable bonds is 4. The molecule has 5 nitrogen and oxygen atoms in total. The predicted molar refractivity (Wildman–Crippen MR) is 101 cm³/mol. The highest BCUT2D eigenvalue weighted by atomic mass is 16.6. The van der Waals surface area contributed by atoms with Gasteiger partial charge in [-0.3, -0.25) is 0 Å². The van der Waals surface area contributed by atoms with Gasteiger partial charge in [0.05, 0.1) is 0 Å². The van der Waals surface area contributed by atoms with Crippen LogP contribution >= 0.6 is 0 Å². The molecule has 1 aromatic rings. The topological polar surface area (TPSA) is 78.6 Å². The van der Waals surface area contributed by atoms with Crippen molar-refractivity contribution >= 4 is 29.8 Å². The number of benzene rings is 1. The maximum Gasteiger partial charge on any atom is 0.331 e. The van der Waals surface area contributed by atoms with Crippen LogP contribution in [0, 0.1) is 0 Å². The van der Waals surface area contributed by atoms with Gasteiger partial charge in [-0.15, -0.1) is 0 Å². The summed E-state index contributed by atoms with van der Waals surface area (Å²) in [6, 6.07) is 5.28. The molecule has 0 saturated carbocycles. The summed E-state index contributed by atoms with van der Waals surface area (Å²) in [6.45, 7) is 10.8. The third-order valence-corrected chi connectivity index (χ3v) is 2.74. The van der Waals surface area contributed by atoms with Gasteiger partial charge in [-0.05, 0) is 70.9 Å². The average Bonchev–Trinajstić information content (AvgIpc) is 2.40. The Labute approximate surface area is 149 Å². The average molecular weight is 345 g/mol. The van der Waals surface area contributed by atoms with Crippen molar-refractivity contribution in [3.05, 3.63) is 41.5 Å². The number of nitrogen functional groups attached to an aromatic ring is 1. The van der Waals surface area contributed by atoms with E-state index in [1.165, 1.54) is 12.2 Å². The van der Waals surface area contributed by atoms with Crippen LogP contribution in [-0.4, -0.2) is 23.1 Å². The fraction of sp³-hybridized carbons (Fsp3) is 0.400. The Balaban J connectivity index is 2.77. The summed E-state index contributed by atoms with van der Waals surface area (Å²) in [5.74, 6) is -0.847. The number of esters is 2. The van der Waals surface area contributed by atoms with E-state index >= 15 is 0 Å². The van der Waals surface area contributed by atoms with Gasteiger partial charge in [-0.25, -0.2) is 9.59 Å². The highest BCUT2D eigenvalue weighted by Crippen LogP contribution is 2.18. The highest BCUT2D eigenvalue weighted by Gasteiger charge is 2.14. The minimum Gasteiger partial charge on any atom is -0.457 e. The van der Waals surface area contributed by atoms with Gasteiger partial charge in [0.15, 0.2) is 0 Å².